The molecule has 0 saturated carbocycles. The second-order valence-corrected chi connectivity index (χ2v) is 6.91. The first kappa shape index (κ1) is 14.5. The lowest BCUT2D eigenvalue weighted by Gasteiger charge is -2.07. The van der Waals surface area contributed by atoms with Gasteiger partial charge < -0.3 is 4.74 Å². The van der Waals surface area contributed by atoms with Gasteiger partial charge in [-0.05, 0) is 42.5 Å². The zero-order chi connectivity index (χ0) is 14.0. The highest BCUT2D eigenvalue weighted by molar-refractivity contribution is 9.11. The van der Waals surface area contributed by atoms with Gasteiger partial charge in [-0.15, -0.1) is 0 Å². The van der Waals surface area contributed by atoms with Crippen molar-refractivity contribution < 1.29 is 17.7 Å². The minimum Gasteiger partial charge on any atom is -0.457 e. The minimum absolute atomic E-state index is 0.171. The summed E-state index contributed by atoms with van der Waals surface area (Å²) in [6, 6.07) is 10.9. The van der Waals surface area contributed by atoms with E-state index in [2.05, 4.69) is 31.9 Å². The summed E-state index contributed by atoms with van der Waals surface area (Å²) in [6.45, 7) is 0. The molecule has 0 fully saturated rings. The highest BCUT2D eigenvalue weighted by Crippen LogP contribution is 2.29. The monoisotopic (exact) mass is 406 g/mol. The third-order valence-electron chi connectivity index (χ3n) is 2.19. The molecule has 0 heterocycles. The number of ether oxygens (including phenoxy) is 1. The summed E-state index contributed by atoms with van der Waals surface area (Å²) in [5, 5.41) is 0. The molecule has 0 radical (unpaired) electrons. The summed E-state index contributed by atoms with van der Waals surface area (Å²) >= 11 is 6.68. The van der Waals surface area contributed by atoms with Crippen LogP contribution >= 0.6 is 31.9 Å². The van der Waals surface area contributed by atoms with Crippen molar-refractivity contribution in [1.29, 1.82) is 0 Å². The molecule has 0 aliphatic heterocycles. The lowest BCUT2D eigenvalue weighted by Crippen LogP contribution is -1.97. The normalized spacial score (nSPS) is 11.3. The molecule has 1 N–H and O–H groups in total. The number of rotatable bonds is 3. The van der Waals surface area contributed by atoms with Crippen molar-refractivity contribution in [3.05, 3.63) is 51.4 Å². The number of hydrogen-bond acceptors (Lipinski definition) is 3. The molecule has 0 unspecified atom stereocenters. The zero-order valence-electron chi connectivity index (χ0n) is 9.38. The van der Waals surface area contributed by atoms with Gasteiger partial charge in [-0.25, -0.2) is 0 Å². The van der Waals surface area contributed by atoms with Crippen LogP contribution in [0.2, 0.25) is 0 Å². The summed E-state index contributed by atoms with van der Waals surface area (Å²) in [5.41, 5.74) is 0. The molecule has 0 atom stereocenters. The predicted molar refractivity (Wildman–Crippen MR) is 78.2 cm³/mol. The van der Waals surface area contributed by atoms with Crippen LogP contribution in [0.25, 0.3) is 0 Å². The first-order chi connectivity index (χ1) is 8.84. The van der Waals surface area contributed by atoms with E-state index in [4.69, 9.17) is 9.29 Å². The Hall–Kier alpha value is -0.890. The van der Waals surface area contributed by atoms with Gasteiger partial charge in [0.25, 0.3) is 10.1 Å². The second kappa shape index (κ2) is 5.62. The Bertz CT molecular complexity index is 676. The van der Waals surface area contributed by atoms with E-state index in [1.807, 2.05) is 6.07 Å². The molecule has 7 heteroatoms. The van der Waals surface area contributed by atoms with Crippen LogP contribution in [0.4, 0.5) is 0 Å². The van der Waals surface area contributed by atoms with E-state index in [1.54, 1.807) is 12.1 Å². The topological polar surface area (TPSA) is 63.6 Å². The Morgan fingerprint density at radius 1 is 0.895 bits per heavy atom. The average Bonchev–Trinajstić information content (AvgIpc) is 2.26. The van der Waals surface area contributed by atoms with Crippen molar-refractivity contribution in [3.63, 3.8) is 0 Å². The Morgan fingerprint density at radius 3 is 1.89 bits per heavy atom. The molecule has 0 amide bonds. The molecular formula is C12H8Br2O4S. The van der Waals surface area contributed by atoms with Crippen molar-refractivity contribution >= 4 is 42.0 Å². The van der Waals surface area contributed by atoms with Gasteiger partial charge in [0.05, 0.1) is 4.90 Å². The third kappa shape index (κ3) is 4.04. The lowest BCUT2D eigenvalue weighted by atomic mass is 10.3. The van der Waals surface area contributed by atoms with E-state index in [9.17, 15) is 8.42 Å². The van der Waals surface area contributed by atoms with Crippen LogP contribution in [0.3, 0.4) is 0 Å². The quantitative estimate of drug-likeness (QED) is 0.772. The van der Waals surface area contributed by atoms with Gasteiger partial charge in [-0.2, -0.15) is 8.42 Å². The van der Waals surface area contributed by atoms with Gasteiger partial charge in [0.2, 0.25) is 0 Å². The molecule has 0 aliphatic carbocycles. The first-order valence-electron chi connectivity index (χ1n) is 5.06. The van der Waals surface area contributed by atoms with Gasteiger partial charge in [-0.1, -0.05) is 31.9 Å². The first-order valence-corrected chi connectivity index (χ1v) is 8.09. The number of halogens is 2. The fourth-order valence-electron chi connectivity index (χ4n) is 1.40. The molecule has 0 spiro atoms. The molecule has 4 nitrogen and oxygen atoms in total. The molecule has 2 aromatic rings. The third-order valence-corrected chi connectivity index (χ3v) is 3.98. The largest absolute Gasteiger partial charge is 0.457 e. The van der Waals surface area contributed by atoms with E-state index in [0.717, 1.165) is 8.95 Å². The van der Waals surface area contributed by atoms with Gasteiger partial charge in [0.15, 0.2) is 0 Å². The zero-order valence-corrected chi connectivity index (χ0v) is 13.4. The standard InChI is InChI=1S/C12H8Br2O4S/c13-8-5-9(14)7-11(6-8)18-10-1-3-12(4-2-10)19(15,16)17/h1-7H,(H,15,16,17). The molecule has 0 aliphatic rings. The van der Waals surface area contributed by atoms with E-state index in [0.29, 0.717) is 11.5 Å². The van der Waals surface area contributed by atoms with Crippen molar-refractivity contribution in [1.82, 2.24) is 0 Å². The highest BCUT2D eigenvalue weighted by Gasteiger charge is 2.09. The highest BCUT2D eigenvalue weighted by atomic mass is 79.9. The smallest absolute Gasteiger partial charge is 0.294 e. The molecular weight excluding hydrogens is 400 g/mol. The van der Waals surface area contributed by atoms with E-state index < -0.39 is 10.1 Å². The van der Waals surface area contributed by atoms with E-state index >= 15 is 0 Å². The van der Waals surface area contributed by atoms with Crippen LogP contribution in [0.1, 0.15) is 0 Å². The van der Waals surface area contributed by atoms with Crippen LogP contribution in [0, 0.1) is 0 Å². The molecule has 19 heavy (non-hydrogen) atoms. The molecule has 0 saturated heterocycles. The van der Waals surface area contributed by atoms with E-state index in [1.165, 1.54) is 24.3 Å². The van der Waals surface area contributed by atoms with Crippen molar-refractivity contribution in [3.8, 4) is 11.5 Å². The van der Waals surface area contributed by atoms with Crippen LogP contribution in [-0.2, 0) is 10.1 Å². The van der Waals surface area contributed by atoms with E-state index in [-0.39, 0.29) is 4.90 Å². The van der Waals surface area contributed by atoms with Crippen LogP contribution < -0.4 is 4.74 Å². The van der Waals surface area contributed by atoms with Gasteiger partial charge >= 0.3 is 0 Å². The molecule has 0 aromatic heterocycles. The van der Waals surface area contributed by atoms with Crippen molar-refractivity contribution in [2.45, 2.75) is 4.90 Å². The predicted octanol–water partition coefficient (Wildman–Crippen LogP) is 4.25. The van der Waals surface area contributed by atoms with Crippen LogP contribution in [0.15, 0.2) is 56.3 Å². The molecule has 0 bridgehead atoms. The van der Waals surface area contributed by atoms with Crippen LogP contribution in [-0.4, -0.2) is 13.0 Å². The van der Waals surface area contributed by atoms with Crippen molar-refractivity contribution in [2.24, 2.45) is 0 Å². The van der Waals surface area contributed by atoms with Gasteiger partial charge in [0, 0.05) is 8.95 Å². The second-order valence-electron chi connectivity index (χ2n) is 3.65. The summed E-state index contributed by atoms with van der Waals surface area (Å²) in [7, 11) is -4.18. The molecule has 2 aromatic carbocycles. The summed E-state index contributed by atoms with van der Waals surface area (Å²) in [6.07, 6.45) is 0. The Labute approximate surface area is 127 Å². The lowest BCUT2D eigenvalue weighted by molar-refractivity contribution is 0.477. The SMILES string of the molecule is O=S(=O)(O)c1ccc(Oc2cc(Br)cc(Br)c2)cc1. The Morgan fingerprint density at radius 2 is 1.42 bits per heavy atom. The van der Waals surface area contributed by atoms with Crippen molar-refractivity contribution in [2.75, 3.05) is 0 Å². The Kier molecular flexibility index (Phi) is 4.29. The maximum Gasteiger partial charge on any atom is 0.294 e. The number of benzene rings is 2. The summed E-state index contributed by atoms with van der Waals surface area (Å²) in [5.74, 6) is 1.07. The maximum absolute atomic E-state index is 10.9. The summed E-state index contributed by atoms with van der Waals surface area (Å²) in [4.78, 5) is -0.171. The fourth-order valence-corrected chi connectivity index (χ4v) is 3.13. The Balaban J connectivity index is 2.24. The van der Waals surface area contributed by atoms with Gasteiger partial charge in [-0.3, -0.25) is 4.55 Å². The van der Waals surface area contributed by atoms with Crippen LogP contribution in [0.5, 0.6) is 11.5 Å². The number of hydrogen-bond donors (Lipinski definition) is 1. The fraction of sp³-hybridized carbons (Fsp3) is 0. The molecule has 2 rings (SSSR count). The minimum atomic E-state index is -4.18. The maximum atomic E-state index is 10.9. The summed E-state index contributed by atoms with van der Waals surface area (Å²) < 4.78 is 37.9. The van der Waals surface area contributed by atoms with Gasteiger partial charge in [0.1, 0.15) is 11.5 Å². The molecule has 100 valence electrons. The average molecular weight is 408 g/mol.